The lowest BCUT2D eigenvalue weighted by molar-refractivity contribution is 0.530. The van der Waals surface area contributed by atoms with Crippen LogP contribution in [0, 0.1) is 5.82 Å². The van der Waals surface area contributed by atoms with Crippen LogP contribution < -0.4 is 5.32 Å². The molecule has 0 aliphatic carbocycles. The Hall–Kier alpha value is -1.26. The van der Waals surface area contributed by atoms with Gasteiger partial charge in [0.2, 0.25) is 0 Å². The summed E-state index contributed by atoms with van der Waals surface area (Å²) in [6, 6.07) is 9.53. The van der Waals surface area contributed by atoms with E-state index in [2.05, 4.69) is 19.2 Å². The summed E-state index contributed by atoms with van der Waals surface area (Å²) in [6.45, 7) is 4.84. The van der Waals surface area contributed by atoms with Gasteiger partial charge in [0.1, 0.15) is 11.6 Å². The molecule has 0 spiro atoms. The quantitative estimate of drug-likeness (QED) is 0.802. The first-order valence-corrected chi connectivity index (χ1v) is 7.30. The highest BCUT2D eigenvalue weighted by atomic mass is 32.2. The summed E-state index contributed by atoms with van der Waals surface area (Å²) < 4.78 is 19.2. The summed E-state index contributed by atoms with van der Waals surface area (Å²) in [4.78, 5) is 0.657. The van der Waals surface area contributed by atoms with E-state index in [0.717, 1.165) is 11.3 Å². The van der Waals surface area contributed by atoms with Crippen molar-refractivity contribution in [3.05, 3.63) is 53.7 Å². The second kappa shape index (κ2) is 6.78. The average Bonchev–Trinajstić information content (AvgIpc) is 2.88. The molecule has 0 amide bonds. The van der Waals surface area contributed by atoms with Crippen molar-refractivity contribution in [1.29, 1.82) is 0 Å². The summed E-state index contributed by atoms with van der Waals surface area (Å²) in [6.07, 6.45) is 1.63. The number of halogens is 1. The third-order valence-electron chi connectivity index (χ3n) is 2.66. The number of nitrogens with one attached hydrogen (secondary N) is 1. The van der Waals surface area contributed by atoms with Crippen molar-refractivity contribution in [2.75, 3.05) is 0 Å². The van der Waals surface area contributed by atoms with Crippen LogP contribution in [0.2, 0.25) is 0 Å². The lowest BCUT2D eigenvalue weighted by Gasteiger charge is -2.09. The Morgan fingerprint density at radius 2 is 2.16 bits per heavy atom. The van der Waals surface area contributed by atoms with Crippen molar-refractivity contribution in [3.63, 3.8) is 0 Å². The van der Waals surface area contributed by atoms with Crippen LogP contribution in [0.5, 0.6) is 0 Å². The smallest absolute Gasteiger partial charge is 0.137 e. The summed E-state index contributed by atoms with van der Waals surface area (Å²) in [5, 5.41) is 3.27. The predicted octanol–water partition coefficient (Wildman–Crippen LogP) is 4.21. The fraction of sp³-hybridized carbons (Fsp3) is 0.333. The van der Waals surface area contributed by atoms with E-state index < -0.39 is 0 Å². The van der Waals surface area contributed by atoms with Crippen molar-refractivity contribution in [1.82, 2.24) is 5.32 Å². The zero-order valence-electron chi connectivity index (χ0n) is 11.2. The Morgan fingerprint density at radius 3 is 2.79 bits per heavy atom. The minimum atomic E-state index is -0.167. The van der Waals surface area contributed by atoms with Gasteiger partial charge in [-0.3, -0.25) is 0 Å². The van der Waals surface area contributed by atoms with Crippen LogP contribution in [-0.2, 0) is 12.3 Å². The molecule has 0 unspecified atom stereocenters. The zero-order valence-corrected chi connectivity index (χ0v) is 12.0. The Kier molecular flexibility index (Phi) is 5.05. The summed E-state index contributed by atoms with van der Waals surface area (Å²) in [5.74, 6) is 1.34. The van der Waals surface area contributed by atoms with Crippen LogP contribution in [0.25, 0.3) is 0 Å². The molecule has 0 aliphatic heterocycles. The first kappa shape index (κ1) is 14.2. The first-order chi connectivity index (χ1) is 9.15. The molecule has 0 aliphatic rings. The van der Waals surface area contributed by atoms with Crippen LogP contribution in [0.4, 0.5) is 4.39 Å². The maximum absolute atomic E-state index is 13.9. The third-order valence-corrected chi connectivity index (χ3v) is 3.73. The lowest BCUT2D eigenvalue weighted by Crippen LogP contribution is -2.21. The number of furan rings is 1. The molecule has 0 radical (unpaired) electrons. The molecule has 4 heteroatoms. The summed E-state index contributed by atoms with van der Waals surface area (Å²) in [5.41, 5.74) is 0.966. The molecule has 0 saturated carbocycles. The second-order valence-electron chi connectivity index (χ2n) is 4.67. The minimum absolute atomic E-state index is 0.167. The van der Waals surface area contributed by atoms with E-state index in [9.17, 15) is 4.39 Å². The topological polar surface area (TPSA) is 25.2 Å². The average molecular weight is 279 g/mol. The minimum Gasteiger partial charge on any atom is -0.468 e. The Labute approximate surface area is 117 Å². The van der Waals surface area contributed by atoms with E-state index in [-0.39, 0.29) is 5.82 Å². The van der Waals surface area contributed by atoms with Crippen molar-refractivity contribution in [2.24, 2.45) is 0 Å². The van der Waals surface area contributed by atoms with E-state index in [1.54, 1.807) is 12.3 Å². The molecule has 0 saturated heterocycles. The molecule has 2 aromatic rings. The van der Waals surface area contributed by atoms with Gasteiger partial charge in [0.25, 0.3) is 0 Å². The molecule has 1 aromatic carbocycles. The molecule has 102 valence electrons. The van der Waals surface area contributed by atoms with Crippen LogP contribution in [-0.4, -0.2) is 6.04 Å². The van der Waals surface area contributed by atoms with E-state index in [4.69, 9.17) is 4.42 Å². The molecular weight excluding hydrogens is 261 g/mol. The van der Waals surface area contributed by atoms with Gasteiger partial charge < -0.3 is 9.73 Å². The van der Waals surface area contributed by atoms with Crippen molar-refractivity contribution in [2.45, 2.75) is 37.1 Å². The number of rotatable bonds is 6. The van der Waals surface area contributed by atoms with E-state index in [1.165, 1.54) is 11.8 Å². The zero-order chi connectivity index (χ0) is 13.7. The number of thioether (sulfide) groups is 1. The fourth-order valence-corrected chi connectivity index (χ4v) is 2.46. The largest absolute Gasteiger partial charge is 0.468 e. The highest BCUT2D eigenvalue weighted by molar-refractivity contribution is 7.98. The van der Waals surface area contributed by atoms with Gasteiger partial charge in [-0.2, -0.15) is 0 Å². The molecule has 1 N–H and O–H groups in total. The van der Waals surface area contributed by atoms with Gasteiger partial charge in [0.15, 0.2) is 0 Å². The third kappa shape index (κ3) is 4.40. The van der Waals surface area contributed by atoms with Gasteiger partial charge in [0.05, 0.1) is 12.0 Å². The molecule has 1 aromatic heterocycles. The number of hydrogen-bond acceptors (Lipinski definition) is 3. The van der Waals surface area contributed by atoms with Crippen molar-refractivity contribution < 1.29 is 8.81 Å². The molecule has 19 heavy (non-hydrogen) atoms. The first-order valence-electron chi connectivity index (χ1n) is 6.32. The normalized spacial score (nSPS) is 11.2. The molecule has 1 heterocycles. The molecule has 2 rings (SSSR count). The molecule has 0 bridgehead atoms. The number of benzene rings is 1. The van der Waals surface area contributed by atoms with Crippen LogP contribution >= 0.6 is 11.8 Å². The summed E-state index contributed by atoms with van der Waals surface area (Å²) in [7, 11) is 0. The molecule has 2 nitrogen and oxygen atoms in total. The van der Waals surface area contributed by atoms with Crippen molar-refractivity contribution in [3.8, 4) is 0 Å². The maximum atomic E-state index is 13.9. The van der Waals surface area contributed by atoms with Gasteiger partial charge in [-0.05, 0) is 29.8 Å². The molecule has 0 atom stereocenters. The lowest BCUT2D eigenvalue weighted by atomic mass is 10.2. The van der Waals surface area contributed by atoms with Gasteiger partial charge >= 0.3 is 0 Å². The van der Waals surface area contributed by atoms with Gasteiger partial charge in [-0.15, -0.1) is 11.8 Å². The van der Waals surface area contributed by atoms with Crippen LogP contribution in [0.3, 0.4) is 0 Å². The Morgan fingerprint density at radius 1 is 1.32 bits per heavy atom. The summed E-state index contributed by atoms with van der Waals surface area (Å²) >= 11 is 1.45. The standard InChI is InChI=1S/C15H18FNOS/c1-11(2)17-9-12-5-6-15(14(16)8-12)19-10-13-4-3-7-18-13/h3-8,11,17H,9-10H2,1-2H3. The SMILES string of the molecule is CC(C)NCc1ccc(SCc2ccco2)c(F)c1. The Balaban J connectivity index is 1.94. The van der Waals surface area contributed by atoms with Gasteiger partial charge in [-0.1, -0.05) is 19.9 Å². The van der Waals surface area contributed by atoms with Crippen LogP contribution in [0.1, 0.15) is 25.2 Å². The Bertz CT molecular complexity index is 511. The number of hydrogen-bond donors (Lipinski definition) is 1. The van der Waals surface area contributed by atoms with Crippen molar-refractivity contribution >= 4 is 11.8 Å². The van der Waals surface area contributed by atoms with Gasteiger partial charge in [-0.25, -0.2) is 4.39 Å². The van der Waals surface area contributed by atoms with E-state index >= 15 is 0 Å². The fourth-order valence-electron chi connectivity index (χ4n) is 1.64. The monoisotopic (exact) mass is 279 g/mol. The maximum Gasteiger partial charge on any atom is 0.137 e. The van der Waals surface area contributed by atoms with Crippen LogP contribution in [0.15, 0.2) is 45.9 Å². The highest BCUT2D eigenvalue weighted by Gasteiger charge is 2.06. The molecular formula is C15H18FNOS. The predicted molar refractivity (Wildman–Crippen MR) is 76.6 cm³/mol. The molecule has 0 fully saturated rings. The highest BCUT2D eigenvalue weighted by Crippen LogP contribution is 2.26. The van der Waals surface area contributed by atoms with Gasteiger partial charge in [0, 0.05) is 17.5 Å². The van der Waals surface area contributed by atoms with E-state index in [0.29, 0.717) is 23.2 Å². The second-order valence-corrected chi connectivity index (χ2v) is 5.69. The van der Waals surface area contributed by atoms with E-state index in [1.807, 2.05) is 24.3 Å².